The van der Waals surface area contributed by atoms with Crippen LogP contribution in [0, 0.1) is 0 Å². The number of Topliss-reactive ketones (excluding diaryl/α,β-unsaturated/α-hetero) is 1. The minimum absolute atomic E-state index is 0.0578. The van der Waals surface area contributed by atoms with Gasteiger partial charge in [-0.3, -0.25) is 4.79 Å². The van der Waals surface area contributed by atoms with Gasteiger partial charge in [-0.2, -0.15) is 0 Å². The van der Waals surface area contributed by atoms with Crippen LogP contribution in [-0.4, -0.2) is 42.8 Å². The van der Waals surface area contributed by atoms with Crippen LogP contribution in [0.4, 0.5) is 0 Å². The molecular weight excluding hydrogens is 210 g/mol. The molecule has 2 aliphatic rings. The van der Waals surface area contributed by atoms with E-state index in [-0.39, 0.29) is 15.8 Å². The van der Waals surface area contributed by atoms with Crippen LogP contribution in [0.25, 0.3) is 0 Å². The molecule has 0 aliphatic carbocycles. The van der Waals surface area contributed by atoms with Crippen LogP contribution in [0.5, 0.6) is 0 Å². The first-order valence-electron chi connectivity index (χ1n) is 5.64. The van der Waals surface area contributed by atoms with Crippen molar-refractivity contribution in [3.8, 4) is 0 Å². The van der Waals surface area contributed by atoms with Gasteiger partial charge in [0.05, 0.1) is 0 Å². The summed E-state index contributed by atoms with van der Waals surface area (Å²) in [5.41, 5.74) is 0.996. The minimum atomic E-state index is 0.0578. The van der Waals surface area contributed by atoms with Crippen LogP contribution in [0.2, 0.25) is 0 Å². The van der Waals surface area contributed by atoms with Crippen LogP contribution < -0.4 is 0 Å². The molecule has 2 fully saturated rings. The number of ketones is 1. The van der Waals surface area contributed by atoms with Crippen LogP contribution >= 0.6 is 15.8 Å². The SMILES string of the molecule is CP1CCC[C@@H]1C(=O)[C@H]1CCCP1C. The van der Waals surface area contributed by atoms with Crippen molar-refractivity contribution < 1.29 is 4.79 Å². The van der Waals surface area contributed by atoms with E-state index in [2.05, 4.69) is 13.3 Å². The summed E-state index contributed by atoms with van der Waals surface area (Å²) in [6.07, 6.45) is 7.74. The van der Waals surface area contributed by atoms with Crippen molar-refractivity contribution in [3.63, 3.8) is 0 Å². The Kier molecular flexibility index (Phi) is 3.61. The second-order valence-corrected chi connectivity index (χ2v) is 9.85. The summed E-state index contributed by atoms with van der Waals surface area (Å²) in [6.45, 7) is 4.66. The second-order valence-electron chi connectivity index (χ2n) is 4.68. The van der Waals surface area contributed by atoms with Gasteiger partial charge in [0.25, 0.3) is 0 Å². The highest BCUT2D eigenvalue weighted by molar-refractivity contribution is 7.61. The van der Waals surface area contributed by atoms with E-state index in [9.17, 15) is 4.79 Å². The Hall–Kier alpha value is 0.530. The molecule has 2 unspecified atom stereocenters. The topological polar surface area (TPSA) is 17.1 Å². The van der Waals surface area contributed by atoms with E-state index in [0.717, 1.165) is 0 Å². The highest BCUT2D eigenvalue weighted by atomic mass is 31.1. The standard InChI is InChI=1S/C11H20OP2/c1-13-7-3-5-9(13)11(12)10-6-4-8-14(10)2/h9-10H,3-8H2,1-2H3/t9-,10-,13?,14?/m1/s1. The van der Waals surface area contributed by atoms with Gasteiger partial charge in [0.15, 0.2) is 0 Å². The van der Waals surface area contributed by atoms with Gasteiger partial charge in [0.1, 0.15) is 5.78 Å². The number of hydrogen-bond donors (Lipinski definition) is 0. The Labute approximate surface area is 89.5 Å². The summed E-state index contributed by atoms with van der Waals surface area (Å²) in [7, 11) is 0.116. The molecule has 0 N–H and O–H groups in total. The number of carbonyl (C=O) groups is 1. The van der Waals surface area contributed by atoms with E-state index in [4.69, 9.17) is 0 Å². The van der Waals surface area contributed by atoms with Gasteiger partial charge in [-0.1, -0.05) is 15.8 Å². The van der Waals surface area contributed by atoms with Crippen LogP contribution in [0.1, 0.15) is 25.7 Å². The minimum Gasteiger partial charge on any atom is -0.298 e. The molecule has 0 saturated carbocycles. The van der Waals surface area contributed by atoms with Gasteiger partial charge < -0.3 is 0 Å². The average Bonchev–Trinajstić information content (AvgIpc) is 2.73. The molecule has 4 atom stereocenters. The number of hydrogen-bond acceptors (Lipinski definition) is 1. The molecule has 0 radical (unpaired) electrons. The highest BCUT2D eigenvalue weighted by Gasteiger charge is 2.37. The highest BCUT2D eigenvalue weighted by Crippen LogP contribution is 2.53. The molecule has 2 saturated heterocycles. The molecule has 3 heteroatoms. The summed E-state index contributed by atoms with van der Waals surface area (Å²) in [6, 6.07) is 0. The molecule has 14 heavy (non-hydrogen) atoms. The summed E-state index contributed by atoms with van der Waals surface area (Å²) >= 11 is 0. The average molecular weight is 230 g/mol. The molecular formula is C11H20OP2. The van der Waals surface area contributed by atoms with Crippen molar-refractivity contribution in [1.29, 1.82) is 0 Å². The molecule has 0 bridgehead atoms. The Bertz CT molecular complexity index is 207. The zero-order valence-electron chi connectivity index (χ0n) is 9.20. The smallest absolute Gasteiger partial charge is 0.147 e. The van der Waals surface area contributed by atoms with E-state index in [0.29, 0.717) is 17.1 Å². The molecule has 0 aromatic rings. The maximum absolute atomic E-state index is 12.3. The van der Waals surface area contributed by atoms with Gasteiger partial charge >= 0.3 is 0 Å². The summed E-state index contributed by atoms with van der Waals surface area (Å²) in [5, 5.41) is 0. The molecule has 1 nitrogen and oxygen atoms in total. The molecule has 0 spiro atoms. The van der Waals surface area contributed by atoms with Crippen molar-refractivity contribution in [2.24, 2.45) is 0 Å². The first-order chi connectivity index (χ1) is 6.70. The number of carbonyl (C=O) groups excluding carboxylic acids is 1. The third-order valence-electron chi connectivity index (χ3n) is 3.70. The van der Waals surface area contributed by atoms with E-state index >= 15 is 0 Å². The fourth-order valence-electron chi connectivity index (χ4n) is 2.76. The lowest BCUT2D eigenvalue weighted by molar-refractivity contribution is -0.118. The first-order valence-corrected chi connectivity index (χ1v) is 9.73. The summed E-state index contributed by atoms with van der Waals surface area (Å²) < 4.78 is 0. The van der Waals surface area contributed by atoms with E-state index in [1.165, 1.54) is 38.0 Å². The first kappa shape index (κ1) is 11.0. The van der Waals surface area contributed by atoms with Crippen molar-refractivity contribution >= 4 is 21.6 Å². The zero-order chi connectivity index (χ0) is 10.1. The molecule has 80 valence electrons. The Morgan fingerprint density at radius 2 is 1.43 bits per heavy atom. The Balaban J connectivity index is 2.00. The normalized spacial score (nSPS) is 43.0. The lowest BCUT2D eigenvalue weighted by atomic mass is 10.1. The lowest BCUT2D eigenvalue weighted by Crippen LogP contribution is -2.26. The predicted octanol–water partition coefficient (Wildman–Crippen LogP) is 3.10. The van der Waals surface area contributed by atoms with Gasteiger partial charge in [-0.15, -0.1) is 0 Å². The fraction of sp³-hybridized carbons (Fsp3) is 0.909. The molecule has 2 rings (SSSR count). The molecule has 2 heterocycles. The second kappa shape index (κ2) is 4.58. The third kappa shape index (κ3) is 2.05. The monoisotopic (exact) mass is 230 g/mol. The van der Waals surface area contributed by atoms with Crippen molar-refractivity contribution in [1.82, 2.24) is 0 Å². The molecule has 0 aromatic carbocycles. The Morgan fingerprint density at radius 1 is 1.00 bits per heavy atom. The van der Waals surface area contributed by atoms with E-state index in [1.54, 1.807) is 0 Å². The Morgan fingerprint density at radius 3 is 1.71 bits per heavy atom. The quantitative estimate of drug-likeness (QED) is 0.666. The fourth-order valence-corrected chi connectivity index (χ4v) is 7.34. The van der Waals surface area contributed by atoms with Crippen molar-refractivity contribution in [2.45, 2.75) is 37.0 Å². The summed E-state index contributed by atoms with van der Waals surface area (Å²) in [5.74, 6) is 0.669. The van der Waals surface area contributed by atoms with Crippen molar-refractivity contribution in [2.75, 3.05) is 25.7 Å². The number of rotatable bonds is 2. The maximum Gasteiger partial charge on any atom is 0.147 e. The third-order valence-corrected chi connectivity index (χ3v) is 8.89. The predicted molar refractivity (Wildman–Crippen MR) is 66.5 cm³/mol. The molecule has 2 aliphatic heterocycles. The maximum atomic E-state index is 12.3. The van der Waals surface area contributed by atoms with Gasteiger partial charge in [-0.05, 0) is 51.3 Å². The lowest BCUT2D eigenvalue weighted by Gasteiger charge is -2.21. The molecule has 0 aromatic heterocycles. The van der Waals surface area contributed by atoms with Crippen LogP contribution in [0.15, 0.2) is 0 Å². The molecule has 0 amide bonds. The summed E-state index contributed by atoms with van der Waals surface area (Å²) in [4.78, 5) is 12.3. The van der Waals surface area contributed by atoms with Gasteiger partial charge in [-0.25, -0.2) is 0 Å². The van der Waals surface area contributed by atoms with E-state index in [1.807, 2.05) is 0 Å². The van der Waals surface area contributed by atoms with Gasteiger partial charge in [0.2, 0.25) is 0 Å². The largest absolute Gasteiger partial charge is 0.298 e. The van der Waals surface area contributed by atoms with E-state index < -0.39 is 0 Å². The van der Waals surface area contributed by atoms with Crippen LogP contribution in [-0.2, 0) is 4.79 Å². The van der Waals surface area contributed by atoms with Crippen molar-refractivity contribution in [3.05, 3.63) is 0 Å². The zero-order valence-corrected chi connectivity index (χ0v) is 11.0. The van der Waals surface area contributed by atoms with Gasteiger partial charge in [0, 0.05) is 11.3 Å². The van der Waals surface area contributed by atoms with Crippen LogP contribution in [0.3, 0.4) is 0 Å².